The van der Waals surface area contributed by atoms with Gasteiger partial charge in [0.2, 0.25) is 5.28 Å². The number of aromatic nitrogens is 3. The highest BCUT2D eigenvalue weighted by molar-refractivity contribution is 6.28. The van der Waals surface area contributed by atoms with Gasteiger partial charge < -0.3 is 9.47 Å². The second kappa shape index (κ2) is 7.22. The summed E-state index contributed by atoms with van der Waals surface area (Å²) in [6.07, 6.45) is 0.857. The lowest BCUT2D eigenvalue weighted by atomic mass is 10.0. The first-order valence-corrected chi connectivity index (χ1v) is 7.29. The van der Waals surface area contributed by atoms with Gasteiger partial charge in [0.15, 0.2) is 0 Å². The molecule has 2 rings (SSSR count). The molecule has 1 heterocycles. The highest BCUT2D eigenvalue weighted by Crippen LogP contribution is 2.29. The van der Waals surface area contributed by atoms with Gasteiger partial charge in [0.25, 0.3) is 0 Å². The molecule has 0 aliphatic heterocycles. The number of halogens is 1. The van der Waals surface area contributed by atoms with Crippen LogP contribution in [0.25, 0.3) is 0 Å². The summed E-state index contributed by atoms with van der Waals surface area (Å²) in [6.45, 7) is 6.71. The molecular weight excluding hydrogens is 290 g/mol. The fourth-order valence-corrected chi connectivity index (χ4v) is 1.91. The van der Waals surface area contributed by atoms with Crippen LogP contribution in [-0.2, 0) is 0 Å². The number of para-hydroxylation sites is 1. The molecular formula is C15H18ClN3O2. The Labute approximate surface area is 129 Å². The summed E-state index contributed by atoms with van der Waals surface area (Å²) in [4.78, 5) is 12.0. The average molecular weight is 308 g/mol. The standard InChI is InChI=1S/C15H18ClN3O2/c1-4-9-20-14-17-13(16)18-15(19-14)21-12-8-6-5-7-11(12)10(2)3/h5-8,10H,4,9H2,1-3H3. The molecule has 0 bridgehead atoms. The summed E-state index contributed by atoms with van der Waals surface area (Å²) >= 11 is 5.88. The summed E-state index contributed by atoms with van der Waals surface area (Å²) in [5.41, 5.74) is 1.07. The Morgan fingerprint density at radius 1 is 1.10 bits per heavy atom. The normalized spacial score (nSPS) is 10.7. The summed E-state index contributed by atoms with van der Waals surface area (Å²) < 4.78 is 11.1. The van der Waals surface area contributed by atoms with E-state index in [-0.39, 0.29) is 17.3 Å². The zero-order chi connectivity index (χ0) is 15.2. The molecule has 0 spiro atoms. The monoisotopic (exact) mass is 307 g/mol. The second-order valence-corrected chi connectivity index (χ2v) is 5.15. The van der Waals surface area contributed by atoms with E-state index in [1.807, 2.05) is 31.2 Å². The Morgan fingerprint density at radius 3 is 2.52 bits per heavy atom. The van der Waals surface area contributed by atoms with Crippen LogP contribution >= 0.6 is 11.6 Å². The summed E-state index contributed by atoms with van der Waals surface area (Å²) in [5.74, 6) is 1.03. The Kier molecular flexibility index (Phi) is 5.33. The van der Waals surface area contributed by atoms with E-state index in [1.54, 1.807) is 0 Å². The van der Waals surface area contributed by atoms with Crippen molar-refractivity contribution in [3.8, 4) is 17.8 Å². The van der Waals surface area contributed by atoms with E-state index in [2.05, 4.69) is 28.8 Å². The lowest BCUT2D eigenvalue weighted by Gasteiger charge is -2.12. The predicted octanol–water partition coefficient (Wildman–Crippen LogP) is 4.23. The molecule has 0 unspecified atom stereocenters. The number of nitrogens with zero attached hydrogens (tertiary/aromatic N) is 3. The lowest BCUT2D eigenvalue weighted by Crippen LogP contribution is -2.03. The summed E-state index contributed by atoms with van der Waals surface area (Å²) in [7, 11) is 0. The molecule has 0 saturated heterocycles. The zero-order valence-corrected chi connectivity index (χ0v) is 13.1. The Bertz CT molecular complexity index is 605. The summed E-state index contributed by atoms with van der Waals surface area (Å²) in [6, 6.07) is 8.07. The lowest BCUT2D eigenvalue weighted by molar-refractivity contribution is 0.284. The van der Waals surface area contributed by atoms with Crippen molar-refractivity contribution in [1.82, 2.24) is 15.0 Å². The van der Waals surface area contributed by atoms with Crippen molar-refractivity contribution >= 4 is 11.6 Å². The molecule has 5 nitrogen and oxygen atoms in total. The topological polar surface area (TPSA) is 57.1 Å². The predicted molar refractivity (Wildman–Crippen MR) is 81.2 cm³/mol. The van der Waals surface area contributed by atoms with Gasteiger partial charge >= 0.3 is 12.0 Å². The van der Waals surface area contributed by atoms with Crippen LogP contribution in [0.3, 0.4) is 0 Å². The average Bonchev–Trinajstić information content (AvgIpc) is 2.45. The number of rotatable bonds is 6. The van der Waals surface area contributed by atoms with Crippen molar-refractivity contribution < 1.29 is 9.47 Å². The van der Waals surface area contributed by atoms with Crippen LogP contribution in [0.1, 0.15) is 38.7 Å². The molecule has 2 aromatic rings. The molecule has 0 amide bonds. The number of hydrogen-bond donors (Lipinski definition) is 0. The van der Waals surface area contributed by atoms with Crippen LogP contribution < -0.4 is 9.47 Å². The minimum atomic E-state index is 0.0492. The molecule has 21 heavy (non-hydrogen) atoms. The maximum Gasteiger partial charge on any atom is 0.329 e. The fourth-order valence-electron chi connectivity index (χ4n) is 1.77. The maximum atomic E-state index is 5.88. The number of hydrogen-bond acceptors (Lipinski definition) is 5. The van der Waals surface area contributed by atoms with Gasteiger partial charge in [-0.2, -0.15) is 9.97 Å². The first-order valence-electron chi connectivity index (χ1n) is 6.91. The van der Waals surface area contributed by atoms with Gasteiger partial charge in [-0.1, -0.05) is 39.0 Å². The molecule has 0 radical (unpaired) electrons. The molecule has 1 aromatic heterocycles. The highest BCUT2D eigenvalue weighted by atomic mass is 35.5. The molecule has 0 saturated carbocycles. The minimum Gasteiger partial charge on any atom is -0.463 e. The van der Waals surface area contributed by atoms with E-state index in [0.717, 1.165) is 12.0 Å². The molecule has 0 fully saturated rings. The van der Waals surface area contributed by atoms with Gasteiger partial charge in [-0.05, 0) is 35.6 Å². The number of ether oxygens (including phenoxy) is 2. The van der Waals surface area contributed by atoms with Crippen molar-refractivity contribution in [3.05, 3.63) is 35.1 Å². The van der Waals surface area contributed by atoms with Crippen LogP contribution in [0, 0.1) is 0 Å². The molecule has 0 aliphatic rings. The maximum absolute atomic E-state index is 5.88. The van der Waals surface area contributed by atoms with E-state index >= 15 is 0 Å². The van der Waals surface area contributed by atoms with E-state index < -0.39 is 0 Å². The van der Waals surface area contributed by atoms with E-state index in [1.165, 1.54) is 0 Å². The van der Waals surface area contributed by atoms with Gasteiger partial charge in [-0.15, -0.1) is 4.98 Å². The Morgan fingerprint density at radius 2 is 1.81 bits per heavy atom. The van der Waals surface area contributed by atoms with Crippen molar-refractivity contribution in [2.45, 2.75) is 33.1 Å². The zero-order valence-electron chi connectivity index (χ0n) is 12.3. The van der Waals surface area contributed by atoms with Gasteiger partial charge in [0.1, 0.15) is 5.75 Å². The third-order valence-electron chi connectivity index (χ3n) is 2.74. The molecule has 0 atom stereocenters. The van der Waals surface area contributed by atoms with Crippen LogP contribution in [0.4, 0.5) is 0 Å². The van der Waals surface area contributed by atoms with Crippen molar-refractivity contribution in [2.24, 2.45) is 0 Å². The third kappa shape index (κ3) is 4.29. The first kappa shape index (κ1) is 15.5. The van der Waals surface area contributed by atoms with E-state index in [0.29, 0.717) is 18.3 Å². The van der Waals surface area contributed by atoms with Gasteiger partial charge in [-0.25, -0.2) is 0 Å². The van der Waals surface area contributed by atoms with Crippen molar-refractivity contribution in [1.29, 1.82) is 0 Å². The summed E-state index contributed by atoms with van der Waals surface area (Å²) in [5, 5.41) is 0.0492. The number of benzene rings is 1. The van der Waals surface area contributed by atoms with Gasteiger partial charge in [0.05, 0.1) is 6.61 Å². The third-order valence-corrected chi connectivity index (χ3v) is 2.91. The van der Waals surface area contributed by atoms with Crippen LogP contribution in [0.15, 0.2) is 24.3 Å². The van der Waals surface area contributed by atoms with Crippen molar-refractivity contribution in [3.63, 3.8) is 0 Å². The molecule has 1 aromatic carbocycles. The molecule has 0 N–H and O–H groups in total. The van der Waals surface area contributed by atoms with E-state index in [9.17, 15) is 0 Å². The Hall–Kier alpha value is -1.88. The smallest absolute Gasteiger partial charge is 0.329 e. The van der Waals surface area contributed by atoms with Gasteiger partial charge in [-0.3, -0.25) is 0 Å². The Balaban J connectivity index is 2.25. The minimum absolute atomic E-state index is 0.0492. The van der Waals surface area contributed by atoms with Crippen LogP contribution in [0.5, 0.6) is 17.8 Å². The van der Waals surface area contributed by atoms with E-state index in [4.69, 9.17) is 21.1 Å². The fraction of sp³-hybridized carbons (Fsp3) is 0.400. The van der Waals surface area contributed by atoms with Gasteiger partial charge in [0, 0.05) is 0 Å². The van der Waals surface area contributed by atoms with Crippen LogP contribution in [0.2, 0.25) is 5.28 Å². The second-order valence-electron chi connectivity index (χ2n) is 4.81. The quantitative estimate of drug-likeness (QED) is 0.799. The largest absolute Gasteiger partial charge is 0.463 e. The van der Waals surface area contributed by atoms with Crippen molar-refractivity contribution in [2.75, 3.05) is 6.61 Å². The molecule has 112 valence electrons. The first-order chi connectivity index (χ1) is 10.1. The molecule has 6 heteroatoms. The SMILES string of the molecule is CCCOc1nc(Cl)nc(Oc2ccccc2C(C)C)n1. The van der Waals surface area contributed by atoms with Crippen LogP contribution in [-0.4, -0.2) is 21.6 Å². The molecule has 0 aliphatic carbocycles. The highest BCUT2D eigenvalue weighted by Gasteiger charge is 2.12.